The van der Waals surface area contributed by atoms with Crippen LogP contribution in [0.3, 0.4) is 0 Å². The van der Waals surface area contributed by atoms with Crippen LogP contribution in [0.25, 0.3) is 0 Å². The zero-order chi connectivity index (χ0) is 21.6. The van der Waals surface area contributed by atoms with Crippen LogP contribution in [0.4, 0.5) is 0 Å². The summed E-state index contributed by atoms with van der Waals surface area (Å²) in [7, 11) is 0. The Morgan fingerprint density at radius 3 is 2.45 bits per heavy atom. The summed E-state index contributed by atoms with van der Waals surface area (Å²) in [5.41, 5.74) is 1.37. The number of hydrogen-bond acceptors (Lipinski definition) is 0. The summed E-state index contributed by atoms with van der Waals surface area (Å²) in [6.45, 7) is 8.03. The average molecular weight is 646 g/mol. The first-order valence-electron chi connectivity index (χ1n) is 13.1. The molecule has 4 aliphatic carbocycles. The fourth-order valence-electron chi connectivity index (χ4n) is 9.19. The van der Waals surface area contributed by atoms with E-state index < -0.39 is 0 Å². The van der Waals surface area contributed by atoms with Gasteiger partial charge in [0, 0.05) is 0 Å². The molecule has 9 atom stereocenters. The van der Waals surface area contributed by atoms with Gasteiger partial charge in [-0.1, -0.05) is 0 Å². The quantitative estimate of drug-likeness (QED) is 0.335. The zero-order valence-corrected chi connectivity index (χ0v) is 24.6. The minimum atomic E-state index is 0.139. The van der Waals surface area contributed by atoms with Gasteiger partial charge in [-0.25, -0.2) is 0 Å². The molecule has 0 nitrogen and oxygen atoms in total. The normalized spacial score (nSPS) is 45.7. The topological polar surface area (TPSA) is 0 Å². The number of rotatable bonds is 5. The second kappa shape index (κ2) is 9.38. The van der Waals surface area contributed by atoms with E-state index in [9.17, 15) is 0 Å². The van der Waals surface area contributed by atoms with Crippen LogP contribution in [-0.4, -0.2) is 13.3 Å². The maximum atomic E-state index is 2.76. The molecular formula is C29H44I2-2. The van der Waals surface area contributed by atoms with Crippen LogP contribution in [0, 0.1) is 49.9 Å². The van der Waals surface area contributed by atoms with E-state index in [4.69, 9.17) is 0 Å². The van der Waals surface area contributed by atoms with Crippen molar-refractivity contribution in [2.24, 2.45) is 46.3 Å². The molecule has 176 valence electrons. The van der Waals surface area contributed by atoms with E-state index in [0.717, 1.165) is 39.4 Å². The molecule has 0 aliphatic heterocycles. The van der Waals surface area contributed by atoms with E-state index in [2.05, 4.69) is 56.0 Å². The molecule has 0 bridgehead atoms. The molecule has 0 heterocycles. The molecular weight excluding hydrogens is 602 g/mol. The van der Waals surface area contributed by atoms with E-state index in [-0.39, 0.29) is 21.2 Å². The van der Waals surface area contributed by atoms with Crippen molar-refractivity contribution in [3.05, 3.63) is 33.9 Å². The van der Waals surface area contributed by atoms with E-state index in [0.29, 0.717) is 32.0 Å². The molecule has 1 aromatic rings. The number of benzene rings is 1. The number of alkyl halides is 3. The Kier molecular flexibility index (Phi) is 7.09. The zero-order valence-electron chi connectivity index (χ0n) is 20.3. The third kappa shape index (κ3) is 4.41. The Labute approximate surface area is 213 Å². The van der Waals surface area contributed by atoms with Crippen molar-refractivity contribution >= 4 is 0 Å². The van der Waals surface area contributed by atoms with Crippen LogP contribution >= 0.6 is 0 Å². The van der Waals surface area contributed by atoms with E-state index >= 15 is 0 Å². The fraction of sp³-hybridized carbons (Fsp3) is 0.793. The monoisotopic (exact) mass is 646 g/mol. The Hall–Kier alpha value is 0.680. The molecule has 4 fully saturated rings. The summed E-state index contributed by atoms with van der Waals surface area (Å²) >= 11 is 0.587. The first kappa shape index (κ1) is 23.4. The molecule has 4 saturated carbocycles. The first-order valence-corrected chi connectivity index (χ1v) is 19.1. The summed E-state index contributed by atoms with van der Waals surface area (Å²) in [4.78, 5) is 2.51. The molecule has 4 aliphatic rings. The van der Waals surface area contributed by atoms with E-state index in [1.54, 1.807) is 59.4 Å². The van der Waals surface area contributed by atoms with Crippen LogP contribution < -0.4 is 42.4 Å². The van der Waals surface area contributed by atoms with Crippen LogP contribution in [0.2, 0.25) is 0 Å². The number of fused-ring (bicyclic) bond motifs is 5. The molecule has 5 rings (SSSR count). The van der Waals surface area contributed by atoms with Gasteiger partial charge in [0.2, 0.25) is 0 Å². The van der Waals surface area contributed by atoms with Crippen LogP contribution in [0.5, 0.6) is 0 Å². The maximum absolute atomic E-state index is 2.76. The van der Waals surface area contributed by atoms with Gasteiger partial charge >= 0.3 is 214 Å². The summed E-state index contributed by atoms with van der Waals surface area (Å²) in [6, 6.07) is 11.5. The molecule has 0 unspecified atom stereocenters. The molecule has 0 aromatic heterocycles. The van der Waals surface area contributed by atoms with Crippen molar-refractivity contribution in [1.82, 2.24) is 0 Å². The molecule has 0 radical (unpaired) electrons. The second-order valence-electron chi connectivity index (χ2n) is 12.2. The fourth-order valence-corrected chi connectivity index (χ4v) is 15.3. The predicted octanol–water partition coefficient (Wildman–Crippen LogP) is 1.33. The summed E-state index contributed by atoms with van der Waals surface area (Å²) < 4.78 is 4.18. The Balaban J connectivity index is 1.28. The van der Waals surface area contributed by atoms with Gasteiger partial charge in [-0.3, -0.25) is 0 Å². The van der Waals surface area contributed by atoms with Gasteiger partial charge in [0.15, 0.2) is 0 Å². The molecule has 0 N–H and O–H groups in total. The van der Waals surface area contributed by atoms with Gasteiger partial charge in [0.05, 0.1) is 0 Å². The van der Waals surface area contributed by atoms with E-state index in [1.165, 1.54) is 6.42 Å². The Morgan fingerprint density at radius 2 is 1.68 bits per heavy atom. The summed E-state index contributed by atoms with van der Waals surface area (Å²) in [5.74, 6) is 6.40. The van der Waals surface area contributed by atoms with Gasteiger partial charge in [-0.2, -0.15) is 0 Å². The van der Waals surface area contributed by atoms with Gasteiger partial charge in [0.1, 0.15) is 0 Å². The van der Waals surface area contributed by atoms with Crippen LogP contribution in [-0.2, 0) is 0 Å². The van der Waals surface area contributed by atoms with Gasteiger partial charge in [-0.15, -0.1) is 0 Å². The van der Waals surface area contributed by atoms with Crippen molar-refractivity contribution in [3.63, 3.8) is 0 Å². The molecule has 2 heteroatoms. The molecule has 1 aromatic carbocycles. The van der Waals surface area contributed by atoms with E-state index in [1.807, 2.05) is 0 Å². The van der Waals surface area contributed by atoms with Crippen molar-refractivity contribution in [1.29, 1.82) is 0 Å². The molecule has 0 saturated heterocycles. The Morgan fingerprint density at radius 1 is 0.903 bits per heavy atom. The average Bonchev–Trinajstić information content (AvgIpc) is 3.11. The van der Waals surface area contributed by atoms with Crippen LogP contribution in [0.15, 0.2) is 30.3 Å². The predicted molar refractivity (Wildman–Crippen MR) is 124 cm³/mol. The van der Waals surface area contributed by atoms with Crippen molar-refractivity contribution in [3.8, 4) is 0 Å². The minimum absolute atomic E-state index is 0.139. The number of hydrogen-bond donors (Lipinski definition) is 0. The SMILES string of the molecule is C[I-]C[C@]1(C)CC[C@H]2[C@H](CC[C@@H]3[C@@H]2CC[C@]2(C)[C@@H]([C@H](C)[I-]c4ccccc4)CC[C@@H]32)C1. The first-order chi connectivity index (χ1) is 14.9. The van der Waals surface area contributed by atoms with Crippen molar-refractivity contribution in [2.75, 3.05) is 9.36 Å². The second-order valence-corrected chi connectivity index (χ2v) is 18.3. The molecule has 0 spiro atoms. The third-order valence-electron chi connectivity index (χ3n) is 10.5. The van der Waals surface area contributed by atoms with Crippen LogP contribution in [0.1, 0.15) is 78.6 Å². The van der Waals surface area contributed by atoms with Gasteiger partial charge < -0.3 is 0 Å². The van der Waals surface area contributed by atoms with Crippen molar-refractivity contribution in [2.45, 2.75) is 82.5 Å². The van der Waals surface area contributed by atoms with Crippen molar-refractivity contribution < 1.29 is 42.4 Å². The standard InChI is InChI=1S/C29H44I2/c1-20(31-22-8-6-5-7-9-22)26-12-13-27-25-11-10-21-18-28(2,19-30-4)16-14-23(21)24(25)15-17-29(26,27)3/h5-9,20-21,23-27H,10-19H2,1-4H3/q-2/t20-,21+,23-,24+,25+,26+,27-,28+,29+/m0/s1. The number of halogens is 2. The summed E-state index contributed by atoms with van der Waals surface area (Å²) in [5, 5.41) is 0. The molecule has 0 amide bonds. The van der Waals surface area contributed by atoms with Gasteiger partial charge in [-0.05, 0) is 0 Å². The summed E-state index contributed by atoms with van der Waals surface area (Å²) in [6.07, 6.45) is 14.1. The molecule has 31 heavy (non-hydrogen) atoms. The Bertz CT molecular complexity index is 746. The third-order valence-corrected chi connectivity index (χ3v) is 16.4. The van der Waals surface area contributed by atoms with Gasteiger partial charge in [0.25, 0.3) is 0 Å².